The van der Waals surface area contributed by atoms with Gasteiger partial charge in [-0.3, -0.25) is 14.4 Å². The molecule has 1 fully saturated rings. The molecular weight excluding hydrogens is 388 g/mol. The molecule has 0 bridgehead atoms. The van der Waals surface area contributed by atoms with Gasteiger partial charge in [-0.1, -0.05) is 49.1 Å². The van der Waals surface area contributed by atoms with E-state index in [-0.39, 0.29) is 23.5 Å². The van der Waals surface area contributed by atoms with E-state index in [9.17, 15) is 14.4 Å². The van der Waals surface area contributed by atoms with Crippen LogP contribution in [0.25, 0.3) is 0 Å². The molecule has 29 heavy (non-hydrogen) atoms. The molecule has 3 rings (SSSR count). The van der Waals surface area contributed by atoms with E-state index in [2.05, 4.69) is 10.6 Å². The third kappa shape index (κ3) is 5.67. The van der Waals surface area contributed by atoms with Crippen molar-refractivity contribution in [3.63, 3.8) is 0 Å². The van der Waals surface area contributed by atoms with Gasteiger partial charge >= 0.3 is 0 Å². The maximum atomic E-state index is 12.8. The largest absolute Gasteiger partial charge is 0.354 e. The number of rotatable bonds is 7. The normalized spacial score (nSPS) is 14.2. The standard InChI is InChI=1S/C23H25ClN2O3/c24-18-12-10-16(11-13-18)21(27)19-8-4-5-9-20(19)23(29)26-15-14-25-22(28)17-6-2-1-3-7-17/h4-5,8-13,17H,1-3,6-7,14-15H2,(H,25,28)(H,26,29). The van der Waals surface area contributed by atoms with Crippen LogP contribution in [0.2, 0.25) is 5.02 Å². The Hall–Kier alpha value is -2.66. The average Bonchev–Trinajstić information content (AvgIpc) is 2.77. The molecule has 0 aliphatic heterocycles. The fraction of sp³-hybridized carbons (Fsp3) is 0.348. The van der Waals surface area contributed by atoms with E-state index < -0.39 is 0 Å². The second kappa shape index (κ2) is 10.2. The van der Waals surface area contributed by atoms with Gasteiger partial charge in [0.15, 0.2) is 5.78 Å². The van der Waals surface area contributed by atoms with Gasteiger partial charge in [-0.2, -0.15) is 0 Å². The van der Waals surface area contributed by atoms with Crippen LogP contribution >= 0.6 is 11.6 Å². The van der Waals surface area contributed by atoms with Crippen molar-refractivity contribution in [2.75, 3.05) is 13.1 Å². The van der Waals surface area contributed by atoms with E-state index in [4.69, 9.17) is 11.6 Å². The summed E-state index contributed by atoms with van der Waals surface area (Å²) in [6.07, 6.45) is 5.30. The Balaban J connectivity index is 1.56. The quantitative estimate of drug-likeness (QED) is 0.533. The number of benzene rings is 2. The van der Waals surface area contributed by atoms with Crippen LogP contribution < -0.4 is 10.6 Å². The zero-order valence-electron chi connectivity index (χ0n) is 16.2. The summed E-state index contributed by atoms with van der Waals surface area (Å²) in [7, 11) is 0. The van der Waals surface area contributed by atoms with E-state index in [1.165, 1.54) is 6.42 Å². The summed E-state index contributed by atoms with van der Waals surface area (Å²) in [6.45, 7) is 0.676. The predicted molar refractivity (Wildman–Crippen MR) is 113 cm³/mol. The number of ketones is 1. The molecule has 0 unspecified atom stereocenters. The summed E-state index contributed by atoms with van der Waals surface area (Å²) in [5.41, 5.74) is 1.11. The van der Waals surface area contributed by atoms with Gasteiger partial charge in [-0.25, -0.2) is 0 Å². The van der Waals surface area contributed by atoms with E-state index in [1.54, 1.807) is 48.5 Å². The Labute approximate surface area is 175 Å². The van der Waals surface area contributed by atoms with Crippen molar-refractivity contribution in [3.05, 3.63) is 70.2 Å². The van der Waals surface area contributed by atoms with Gasteiger partial charge in [-0.05, 0) is 43.2 Å². The lowest BCUT2D eigenvalue weighted by Gasteiger charge is -2.20. The van der Waals surface area contributed by atoms with Gasteiger partial charge < -0.3 is 10.6 Å². The number of carbonyl (C=O) groups excluding carboxylic acids is 3. The maximum absolute atomic E-state index is 12.8. The highest BCUT2D eigenvalue weighted by molar-refractivity contribution is 6.30. The molecule has 1 saturated carbocycles. The number of hydrogen-bond acceptors (Lipinski definition) is 3. The molecule has 5 nitrogen and oxygen atoms in total. The Morgan fingerprint density at radius 2 is 1.45 bits per heavy atom. The second-order valence-electron chi connectivity index (χ2n) is 7.26. The first-order chi connectivity index (χ1) is 14.1. The molecule has 0 saturated heterocycles. The van der Waals surface area contributed by atoms with Gasteiger partial charge in [0.05, 0.1) is 5.56 Å². The van der Waals surface area contributed by atoms with Crippen LogP contribution in [0.1, 0.15) is 58.4 Å². The highest BCUT2D eigenvalue weighted by Gasteiger charge is 2.21. The SMILES string of the molecule is O=C(NCCNC(=O)C1CCCCC1)c1ccccc1C(=O)c1ccc(Cl)cc1. The topological polar surface area (TPSA) is 75.3 Å². The first kappa shape index (κ1) is 21.1. The summed E-state index contributed by atoms with van der Waals surface area (Å²) in [6, 6.07) is 13.3. The van der Waals surface area contributed by atoms with Gasteiger partial charge in [-0.15, -0.1) is 0 Å². The minimum atomic E-state index is -0.338. The Bertz CT molecular complexity index is 874. The van der Waals surface area contributed by atoms with Gasteiger partial charge in [0.2, 0.25) is 5.91 Å². The maximum Gasteiger partial charge on any atom is 0.252 e. The van der Waals surface area contributed by atoms with Gasteiger partial charge in [0, 0.05) is 35.2 Å². The zero-order valence-corrected chi connectivity index (χ0v) is 17.0. The van der Waals surface area contributed by atoms with Crippen LogP contribution in [-0.4, -0.2) is 30.7 Å². The average molecular weight is 413 g/mol. The third-order valence-corrected chi connectivity index (χ3v) is 5.46. The van der Waals surface area contributed by atoms with E-state index in [1.807, 2.05) is 0 Å². The Kier molecular flexibility index (Phi) is 7.42. The molecule has 0 radical (unpaired) electrons. The number of carbonyl (C=O) groups is 3. The van der Waals surface area contributed by atoms with Crippen LogP contribution in [0.3, 0.4) is 0 Å². The summed E-state index contributed by atoms with van der Waals surface area (Å²) in [5, 5.41) is 6.23. The van der Waals surface area contributed by atoms with Crippen LogP contribution in [0.5, 0.6) is 0 Å². The van der Waals surface area contributed by atoms with E-state index >= 15 is 0 Å². The Morgan fingerprint density at radius 1 is 0.828 bits per heavy atom. The van der Waals surface area contributed by atoms with Crippen molar-refractivity contribution in [1.29, 1.82) is 0 Å². The summed E-state index contributed by atoms with van der Waals surface area (Å²) in [4.78, 5) is 37.6. The van der Waals surface area contributed by atoms with Gasteiger partial charge in [0.1, 0.15) is 0 Å². The molecule has 6 heteroatoms. The highest BCUT2D eigenvalue weighted by Crippen LogP contribution is 2.23. The minimum Gasteiger partial charge on any atom is -0.354 e. The molecule has 2 aromatic carbocycles. The van der Waals surface area contributed by atoms with Crippen molar-refractivity contribution in [2.24, 2.45) is 5.92 Å². The summed E-state index contributed by atoms with van der Waals surface area (Å²) >= 11 is 5.88. The molecule has 2 amide bonds. The van der Waals surface area contributed by atoms with Crippen LogP contribution in [-0.2, 0) is 4.79 Å². The van der Waals surface area contributed by atoms with Crippen LogP contribution in [0.15, 0.2) is 48.5 Å². The number of amides is 2. The van der Waals surface area contributed by atoms with Crippen molar-refractivity contribution in [3.8, 4) is 0 Å². The van der Waals surface area contributed by atoms with E-state index in [0.717, 1.165) is 25.7 Å². The smallest absolute Gasteiger partial charge is 0.252 e. The first-order valence-corrected chi connectivity index (χ1v) is 10.4. The van der Waals surface area contributed by atoms with Crippen molar-refractivity contribution < 1.29 is 14.4 Å². The lowest BCUT2D eigenvalue weighted by molar-refractivity contribution is -0.125. The van der Waals surface area contributed by atoms with Crippen molar-refractivity contribution in [2.45, 2.75) is 32.1 Å². The fourth-order valence-electron chi connectivity index (χ4n) is 3.60. The monoisotopic (exact) mass is 412 g/mol. The molecule has 1 aliphatic rings. The molecule has 152 valence electrons. The molecule has 1 aliphatic carbocycles. The molecule has 0 heterocycles. The number of halogens is 1. The summed E-state index contributed by atoms with van der Waals surface area (Å²) < 4.78 is 0. The third-order valence-electron chi connectivity index (χ3n) is 5.21. The number of nitrogens with one attached hydrogen (secondary N) is 2. The summed E-state index contributed by atoms with van der Waals surface area (Å²) in [5.74, 6) is -0.415. The van der Waals surface area contributed by atoms with E-state index in [0.29, 0.717) is 34.8 Å². The molecule has 0 atom stereocenters. The molecule has 2 aromatic rings. The van der Waals surface area contributed by atoms with Crippen molar-refractivity contribution >= 4 is 29.2 Å². The molecular formula is C23H25ClN2O3. The minimum absolute atomic E-state index is 0.0669. The predicted octanol–water partition coefficient (Wildman–Crippen LogP) is 4.00. The number of hydrogen-bond donors (Lipinski definition) is 2. The van der Waals surface area contributed by atoms with Gasteiger partial charge in [0.25, 0.3) is 5.91 Å². The second-order valence-corrected chi connectivity index (χ2v) is 7.70. The van der Waals surface area contributed by atoms with Crippen LogP contribution in [0.4, 0.5) is 0 Å². The lowest BCUT2D eigenvalue weighted by atomic mass is 9.89. The molecule has 0 spiro atoms. The highest BCUT2D eigenvalue weighted by atomic mass is 35.5. The lowest BCUT2D eigenvalue weighted by Crippen LogP contribution is -2.38. The fourth-order valence-corrected chi connectivity index (χ4v) is 3.73. The molecule has 2 N–H and O–H groups in total. The molecule has 0 aromatic heterocycles. The Morgan fingerprint density at radius 3 is 2.14 bits per heavy atom. The van der Waals surface area contributed by atoms with Crippen molar-refractivity contribution in [1.82, 2.24) is 10.6 Å². The zero-order chi connectivity index (χ0) is 20.6. The van der Waals surface area contributed by atoms with Crippen LogP contribution in [0, 0.1) is 5.92 Å². The first-order valence-electron chi connectivity index (χ1n) is 10.0.